The molecule has 6 nitrogen and oxygen atoms in total. The maximum atomic E-state index is 12.6. The minimum absolute atomic E-state index is 0.153. The van der Waals surface area contributed by atoms with Crippen LogP contribution in [0.25, 0.3) is 11.3 Å². The molecule has 0 aliphatic rings. The van der Waals surface area contributed by atoms with Crippen LogP contribution in [0.3, 0.4) is 0 Å². The van der Waals surface area contributed by atoms with E-state index in [9.17, 15) is 4.79 Å². The molecule has 0 saturated carbocycles. The van der Waals surface area contributed by atoms with Crippen molar-refractivity contribution in [2.75, 3.05) is 20.3 Å². The normalized spacial score (nSPS) is 10.0. The average molecular weight is 411 g/mol. The number of nitrogens with zero attached hydrogens (tertiary/aromatic N) is 1. The zero-order valence-electron chi connectivity index (χ0n) is 16.0. The first-order valence-corrected chi connectivity index (χ1v) is 9.20. The quantitative estimate of drug-likeness (QED) is 0.619. The number of carbonyl (C=O) groups excluding carboxylic acids is 1. The van der Waals surface area contributed by atoms with Crippen molar-refractivity contribution in [3.8, 4) is 34.6 Å². The van der Waals surface area contributed by atoms with Gasteiger partial charge >= 0.3 is 0 Å². The van der Waals surface area contributed by atoms with Crippen LogP contribution in [-0.2, 0) is 0 Å². The van der Waals surface area contributed by atoms with Crippen molar-refractivity contribution in [3.63, 3.8) is 0 Å². The molecule has 7 heteroatoms. The Kier molecular flexibility index (Phi) is 6.77. The van der Waals surface area contributed by atoms with Crippen LogP contribution in [0, 0.1) is 18.8 Å². The SMILES string of the molecule is COc1ccccc1OCC#CCNC(=O)c1c(-c2ccccc2Cl)noc1C. The summed E-state index contributed by atoms with van der Waals surface area (Å²) in [5.74, 6) is 7.02. The zero-order chi connectivity index (χ0) is 20.6. The van der Waals surface area contributed by atoms with Crippen LogP contribution in [0.15, 0.2) is 53.1 Å². The van der Waals surface area contributed by atoms with E-state index >= 15 is 0 Å². The van der Waals surface area contributed by atoms with Crippen LogP contribution < -0.4 is 14.8 Å². The van der Waals surface area contributed by atoms with Gasteiger partial charge in [-0.1, -0.05) is 58.9 Å². The highest BCUT2D eigenvalue weighted by atomic mass is 35.5. The number of methoxy groups -OCH3 is 1. The largest absolute Gasteiger partial charge is 0.493 e. The number of rotatable bonds is 6. The zero-order valence-corrected chi connectivity index (χ0v) is 16.7. The Labute approximate surface area is 173 Å². The molecule has 0 spiro atoms. The second-order valence-electron chi connectivity index (χ2n) is 5.92. The summed E-state index contributed by atoms with van der Waals surface area (Å²) < 4.78 is 16.0. The van der Waals surface area contributed by atoms with Gasteiger partial charge in [-0.25, -0.2) is 0 Å². The maximum absolute atomic E-state index is 12.6. The molecule has 0 unspecified atom stereocenters. The smallest absolute Gasteiger partial charge is 0.257 e. The number of amides is 1. The number of halogens is 1. The van der Waals surface area contributed by atoms with Gasteiger partial charge in [-0.2, -0.15) is 0 Å². The van der Waals surface area contributed by atoms with Crippen LogP contribution in [0.4, 0.5) is 0 Å². The second-order valence-corrected chi connectivity index (χ2v) is 6.33. The number of aromatic nitrogens is 1. The fourth-order valence-corrected chi connectivity index (χ4v) is 2.88. The predicted molar refractivity (Wildman–Crippen MR) is 110 cm³/mol. The molecule has 0 saturated heterocycles. The number of ether oxygens (including phenoxy) is 2. The molecule has 3 aromatic rings. The Hall–Kier alpha value is -3.43. The molecular weight excluding hydrogens is 392 g/mol. The van der Waals surface area contributed by atoms with Crippen molar-refractivity contribution in [2.24, 2.45) is 0 Å². The first kappa shape index (κ1) is 20.3. The molecule has 0 bridgehead atoms. The van der Waals surface area contributed by atoms with Crippen LogP contribution in [0.2, 0.25) is 5.02 Å². The minimum Gasteiger partial charge on any atom is -0.493 e. The molecule has 1 amide bonds. The second kappa shape index (κ2) is 9.67. The van der Waals surface area contributed by atoms with E-state index in [1.54, 1.807) is 44.4 Å². The van der Waals surface area contributed by atoms with Crippen LogP contribution in [0.1, 0.15) is 16.1 Å². The molecule has 0 radical (unpaired) electrons. The van der Waals surface area contributed by atoms with Gasteiger partial charge in [0.25, 0.3) is 5.91 Å². The molecule has 0 aliphatic heterocycles. The number of hydrogen-bond donors (Lipinski definition) is 1. The van der Waals surface area contributed by atoms with Gasteiger partial charge in [0.1, 0.15) is 23.6 Å². The Bertz CT molecular complexity index is 1070. The van der Waals surface area contributed by atoms with Gasteiger partial charge in [0.15, 0.2) is 11.5 Å². The lowest BCUT2D eigenvalue weighted by atomic mass is 10.1. The third kappa shape index (κ3) is 4.89. The molecule has 1 N–H and O–H groups in total. The fraction of sp³-hybridized carbons (Fsp3) is 0.182. The van der Waals surface area contributed by atoms with Crippen molar-refractivity contribution in [1.29, 1.82) is 0 Å². The fourth-order valence-electron chi connectivity index (χ4n) is 2.65. The number of hydrogen-bond acceptors (Lipinski definition) is 5. The lowest BCUT2D eigenvalue weighted by Gasteiger charge is -2.07. The summed E-state index contributed by atoms with van der Waals surface area (Å²) in [6.07, 6.45) is 0. The van der Waals surface area contributed by atoms with Gasteiger partial charge in [0, 0.05) is 5.56 Å². The summed E-state index contributed by atoms with van der Waals surface area (Å²) in [5.41, 5.74) is 1.37. The highest BCUT2D eigenvalue weighted by molar-refractivity contribution is 6.33. The van der Waals surface area contributed by atoms with E-state index in [1.165, 1.54) is 0 Å². The summed E-state index contributed by atoms with van der Waals surface area (Å²) in [6, 6.07) is 14.5. The molecule has 0 atom stereocenters. The van der Waals surface area contributed by atoms with E-state index in [0.717, 1.165) is 0 Å². The van der Waals surface area contributed by atoms with Crippen LogP contribution >= 0.6 is 11.6 Å². The van der Waals surface area contributed by atoms with E-state index in [2.05, 4.69) is 22.3 Å². The summed E-state index contributed by atoms with van der Waals surface area (Å²) >= 11 is 6.22. The van der Waals surface area contributed by atoms with E-state index in [0.29, 0.717) is 39.1 Å². The highest BCUT2D eigenvalue weighted by Gasteiger charge is 2.22. The monoisotopic (exact) mass is 410 g/mol. The lowest BCUT2D eigenvalue weighted by molar-refractivity contribution is 0.0957. The van der Waals surface area contributed by atoms with Crippen molar-refractivity contribution >= 4 is 17.5 Å². The first-order valence-electron chi connectivity index (χ1n) is 8.82. The van der Waals surface area contributed by atoms with Gasteiger partial charge in [0.05, 0.1) is 18.7 Å². The summed E-state index contributed by atoms with van der Waals surface area (Å²) in [6.45, 7) is 2.00. The topological polar surface area (TPSA) is 73.6 Å². The molecular formula is C22H19ClN2O4. The third-order valence-electron chi connectivity index (χ3n) is 4.05. The molecule has 2 aromatic carbocycles. The van der Waals surface area contributed by atoms with Gasteiger partial charge in [-0.15, -0.1) is 0 Å². The van der Waals surface area contributed by atoms with Crippen molar-refractivity contribution < 1.29 is 18.8 Å². The molecule has 29 heavy (non-hydrogen) atoms. The number of carbonyl (C=O) groups is 1. The standard InChI is InChI=1S/C22H19ClN2O4/c1-15-20(21(25-29-15)16-9-3-4-10-17(16)23)22(26)24-13-7-8-14-28-19-12-6-5-11-18(19)27-2/h3-6,9-12H,13-14H2,1-2H3,(H,24,26). The predicted octanol–water partition coefficient (Wildman–Crippen LogP) is 4.12. The van der Waals surface area contributed by atoms with Crippen LogP contribution in [0.5, 0.6) is 11.5 Å². The number of para-hydroxylation sites is 2. The van der Waals surface area contributed by atoms with Crippen molar-refractivity contribution in [3.05, 3.63) is 64.9 Å². The van der Waals surface area contributed by atoms with E-state index < -0.39 is 0 Å². The van der Waals surface area contributed by atoms with E-state index in [4.69, 9.17) is 25.6 Å². The van der Waals surface area contributed by atoms with E-state index in [1.807, 2.05) is 18.2 Å². The Morgan fingerprint density at radius 2 is 1.86 bits per heavy atom. The third-order valence-corrected chi connectivity index (χ3v) is 4.38. The summed E-state index contributed by atoms with van der Waals surface area (Å²) in [7, 11) is 1.58. The van der Waals surface area contributed by atoms with Gasteiger partial charge < -0.3 is 19.3 Å². The Morgan fingerprint density at radius 3 is 2.62 bits per heavy atom. The first-order chi connectivity index (χ1) is 14.1. The lowest BCUT2D eigenvalue weighted by Crippen LogP contribution is -2.24. The van der Waals surface area contributed by atoms with E-state index in [-0.39, 0.29) is 19.1 Å². The summed E-state index contributed by atoms with van der Waals surface area (Å²) in [4.78, 5) is 12.6. The highest BCUT2D eigenvalue weighted by Crippen LogP contribution is 2.30. The summed E-state index contributed by atoms with van der Waals surface area (Å²) in [5, 5.41) is 7.22. The Morgan fingerprint density at radius 1 is 1.14 bits per heavy atom. The molecule has 0 aliphatic carbocycles. The molecule has 3 rings (SSSR count). The molecule has 0 fully saturated rings. The maximum Gasteiger partial charge on any atom is 0.257 e. The molecule has 1 heterocycles. The average Bonchev–Trinajstić information content (AvgIpc) is 3.12. The number of nitrogens with one attached hydrogen (secondary N) is 1. The van der Waals surface area contributed by atoms with Gasteiger partial charge in [-0.05, 0) is 25.1 Å². The van der Waals surface area contributed by atoms with Crippen molar-refractivity contribution in [2.45, 2.75) is 6.92 Å². The molecule has 1 aromatic heterocycles. The number of benzene rings is 2. The Balaban J connectivity index is 1.60. The minimum atomic E-state index is -0.335. The molecule has 148 valence electrons. The van der Waals surface area contributed by atoms with Gasteiger partial charge in [-0.3, -0.25) is 4.79 Å². The number of aryl methyl sites for hydroxylation is 1. The van der Waals surface area contributed by atoms with Crippen LogP contribution in [-0.4, -0.2) is 31.3 Å². The van der Waals surface area contributed by atoms with Crippen molar-refractivity contribution in [1.82, 2.24) is 10.5 Å². The van der Waals surface area contributed by atoms with Gasteiger partial charge in [0.2, 0.25) is 0 Å².